The lowest BCUT2D eigenvalue weighted by Gasteiger charge is -2.11. The van der Waals surface area contributed by atoms with Gasteiger partial charge < -0.3 is 9.72 Å². The van der Waals surface area contributed by atoms with Crippen LogP contribution in [0.2, 0.25) is 0 Å². The van der Waals surface area contributed by atoms with Gasteiger partial charge in [0, 0.05) is 11.1 Å². The van der Waals surface area contributed by atoms with Crippen LogP contribution in [0.4, 0.5) is 13.2 Å². The van der Waals surface area contributed by atoms with Gasteiger partial charge in [-0.15, -0.1) is 13.2 Å². The maximum absolute atomic E-state index is 12.2. The van der Waals surface area contributed by atoms with E-state index in [1.807, 2.05) is 6.92 Å². The number of nitrogens with one attached hydrogen (secondary N) is 1. The Hall–Kier alpha value is -1.89. The molecule has 1 heterocycles. The molecule has 0 bridgehead atoms. The van der Waals surface area contributed by atoms with Gasteiger partial charge in [0.2, 0.25) is 0 Å². The first-order valence-electron chi connectivity index (χ1n) is 5.83. The summed E-state index contributed by atoms with van der Waals surface area (Å²) in [6.07, 6.45) is -2.66. The molecule has 0 amide bonds. The zero-order chi connectivity index (χ0) is 14.8. The zero-order valence-corrected chi connectivity index (χ0v) is 11.3. The molecular weight excluding hydrogens is 289 g/mol. The summed E-state index contributed by atoms with van der Waals surface area (Å²) >= 11 is 5.12. The monoisotopic (exact) mass is 300 g/mol. The fourth-order valence-corrected chi connectivity index (χ4v) is 2.16. The Kier molecular flexibility index (Phi) is 4.08. The molecule has 7 heteroatoms. The highest BCUT2D eigenvalue weighted by Gasteiger charge is 2.31. The molecule has 1 N–H and O–H groups in total. The smallest absolute Gasteiger partial charge is 0.406 e. The molecule has 106 valence electrons. The van der Waals surface area contributed by atoms with E-state index in [-0.39, 0.29) is 5.75 Å². The fourth-order valence-electron chi connectivity index (χ4n) is 1.86. The molecular formula is C13H11F3N2OS. The van der Waals surface area contributed by atoms with E-state index < -0.39 is 6.36 Å². The van der Waals surface area contributed by atoms with Crippen molar-refractivity contribution in [1.29, 1.82) is 0 Å². The van der Waals surface area contributed by atoms with Crippen LogP contribution in [0.15, 0.2) is 30.6 Å². The minimum atomic E-state index is -4.71. The van der Waals surface area contributed by atoms with Gasteiger partial charge in [-0.05, 0) is 18.6 Å². The van der Waals surface area contributed by atoms with Crippen LogP contribution in [0, 0.1) is 4.64 Å². The molecule has 0 unspecified atom stereocenters. The quantitative estimate of drug-likeness (QED) is 0.860. The molecule has 0 aliphatic rings. The van der Waals surface area contributed by atoms with Crippen LogP contribution < -0.4 is 4.74 Å². The molecule has 0 aliphatic carbocycles. The number of benzene rings is 1. The molecule has 3 nitrogen and oxygen atoms in total. The third kappa shape index (κ3) is 3.36. The highest BCUT2D eigenvalue weighted by atomic mass is 32.1. The van der Waals surface area contributed by atoms with Crippen molar-refractivity contribution in [3.05, 3.63) is 40.8 Å². The second kappa shape index (κ2) is 5.62. The number of rotatable bonds is 3. The summed E-state index contributed by atoms with van der Waals surface area (Å²) in [7, 11) is 0. The number of alkyl halides is 3. The number of aromatic amines is 1. The average molecular weight is 300 g/mol. The molecule has 0 radical (unpaired) electrons. The molecule has 0 fully saturated rings. The van der Waals surface area contributed by atoms with Gasteiger partial charge in [-0.25, -0.2) is 4.98 Å². The Morgan fingerprint density at radius 3 is 2.75 bits per heavy atom. The Bertz CT molecular complexity index is 667. The maximum Gasteiger partial charge on any atom is 0.573 e. The van der Waals surface area contributed by atoms with Gasteiger partial charge in [-0.3, -0.25) is 0 Å². The zero-order valence-electron chi connectivity index (χ0n) is 10.5. The number of hydrogen-bond donors (Lipinski definition) is 1. The van der Waals surface area contributed by atoms with E-state index in [9.17, 15) is 13.2 Å². The van der Waals surface area contributed by atoms with Crippen LogP contribution in [0.1, 0.15) is 12.5 Å². The SMILES string of the molecule is CCc1c(-c2cccc(OC(F)(F)F)c2)[nH]cnc1=S. The Morgan fingerprint density at radius 1 is 1.35 bits per heavy atom. The van der Waals surface area contributed by atoms with Crippen molar-refractivity contribution in [1.82, 2.24) is 9.97 Å². The summed E-state index contributed by atoms with van der Waals surface area (Å²) in [4.78, 5) is 6.89. The number of aromatic nitrogens is 2. The second-order valence-corrected chi connectivity index (χ2v) is 4.38. The number of hydrogen-bond acceptors (Lipinski definition) is 3. The van der Waals surface area contributed by atoms with Crippen LogP contribution in [0.3, 0.4) is 0 Å². The lowest BCUT2D eigenvalue weighted by atomic mass is 10.1. The van der Waals surface area contributed by atoms with E-state index in [0.29, 0.717) is 22.3 Å². The summed E-state index contributed by atoms with van der Waals surface area (Å²) in [5, 5.41) is 0. The normalized spacial score (nSPS) is 11.4. The largest absolute Gasteiger partial charge is 0.573 e. The molecule has 1 aromatic heterocycles. The van der Waals surface area contributed by atoms with Crippen LogP contribution in [0.5, 0.6) is 5.75 Å². The van der Waals surface area contributed by atoms with E-state index in [0.717, 1.165) is 5.56 Å². The predicted octanol–water partition coefficient (Wildman–Crippen LogP) is 4.27. The van der Waals surface area contributed by atoms with Gasteiger partial charge in [-0.2, -0.15) is 0 Å². The molecule has 2 rings (SSSR count). The molecule has 20 heavy (non-hydrogen) atoms. The van der Waals surface area contributed by atoms with Gasteiger partial charge >= 0.3 is 6.36 Å². The fraction of sp³-hybridized carbons (Fsp3) is 0.231. The molecule has 0 aliphatic heterocycles. The van der Waals surface area contributed by atoms with Crippen molar-refractivity contribution in [3.8, 4) is 17.0 Å². The van der Waals surface area contributed by atoms with Crippen molar-refractivity contribution in [2.24, 2.45) is 0 Å². The van der Waals surface area contributed by atoms with Crippen molar-refractivity contribution in [3.63, 3.8) is 0 Å². The van der Waals surface area contributed by atoms with E-state index in [1.165, 1.54) is 24.5 Å². The first kappa shape index (κ1) is 14.5. The summed E-state index contributed by atoms with van der Waals surface area (Å²) in [6, 6.07) is 5.74. The van der Waals surface area contributed by atoms with Gasteiger partial charge in [0.25, 0.3) is 0 Å². The Labute approximate surface area is 118 Å². The minimum Gasteiger partial charge on any atom is -0.406 e. The lowest BCUT2D eigenvalue weighted by Crippen LogP contribution is -2.17. The molecule has 0 saturated heterocycles. The molecule has 0 saturated carbocycles. The van der Waals surface area contributed by atoms with Gasteiger partial charge in [0.1, 0.15) is 10.4 Å². The third-order valence-corrected chi connectivity index (χ3v) is 3.01. The minimum absolute atomic E-state index is 0.270. The summed E-state index contributed by atoms with van der Waals surface area (Å²) in [5.41, 5.74) is 2.00. The van der Waals surface area contributed by atoms with E-state index in [2.05, 4.69) is 14.7 Å². The van der Waals surface area contributed by atoms with E-state index in [1.54, 1.807) is 6.07 Å². The molecule has 0 spiro atoms. The first-order chi connectivity index (χ1) is 9.40. The maximum atomic E-state index is 12.2. The number of halogens is 3. The number of ether oxygens (including phenoxy) is 1. The molecule has 0 atom stereocenters. The summed E-state index contributed by atoms with van der Waals surface area (Å²) < 4.78 is 41.0. The van der Waals surface area contributed by atoms with Gasteiger partial charge in [0.05, 0.1) is 12.0 Å². The van der Waals surface area contributed by atoms with E-state index >= 15 is 0 Å². The van der Waals surface area contributed by atoms with Gasteiger partial charge in [0.15, 0.2) is 0 Å². The van der Waals surface area contributed by atoms with Crippen LogP contribution in [0.25, 0.3) is 11.3 Å². The van der Waals surface area contributed by atoms with Crippen LogP contribution >= 0.6 is 12.2 Å². The molecule has 1 aromatic carbocycles. The van der Waals surface area contributed by atoms with Crippen LogP contribution in [-0.4, -0.2) is 16.3 Å². The van der Waals surface area contributed by atoms with Gasteiger partial charge in [-0.1, -0.05) is 31.3 Å². The highest BCUT2D eigenvalue weighted by molar-refractivity contribution is 7.71. The molecule has 2 aromatic rings. The van der Waals surface area contributed by atoms with Crippen LogP contribution in [-0.2, 0) is 6.42 Å². The van der Waals surface area contributed by atoms with Crippen molar-refractivity contribution in [2.45, 2.75) is 19.7 Å². The van der Waals surface area contributed by atoms with Crippen molar-refractivity contribution in [2.75, 3.05) is 0 Å². The van der Waals surface area contributed by atoms with Crippen molar-refractivity contribution >= 4 is 12.2 Å². The average Bonchev–Trinajstić information content (AvgIpc) is 2.36. The number of H-pyrrole nitrogens is 1. The van der Waals surface area contributed by atoms with E-state index in [4.69, 9.17) is 12.2 Å². The van der Waals surface area contributed by atoms with Crippen molar-refractivity contribution < 1.29 is 17.9 Å². The first-order valence-corrected chi connectivity index (χ1v) is 6.24. The summed E-state index contributed by atoms with van der Waals surface area (Å²) in [5.74, 6) is -0.270. The second-order valence-electron chi connectivity index (χ2n) is 3.99. The predicted molar refractivity (Wildman–Crippen MR) is 70.9 cm³/mol. The Morgan fingerprint density at radius 2 is 2.10 bits per heavy atom. The third-order valence-electron chi connectivity index (χ3n) is 2.66. The summed E-state index contributed by atoms with van der Waals surface area (Å²) in [6.45, 7) is 1.90. The standard InChI is InChI=1S/C13H11F3N2OS/c1-2-10-11(17-7-18-12(10)20)8-4-3-5-9(6-8)19-13(14,15)16/h3-7H,2H2,1H3,(H,17,18,20). The Balaban J connectivity index is 2.47. The topological polar surface area (TPSA) is 37.9 Å². The lowest BCUT2D eigenvalue weighted by molar-refractivity contribution is -0.274. The highest BCUT2D eigenvalue weighted by Crippen LogP contribution is 2.28. The number of nitrogens with zero attached hydrogens (tertiary/aromatic N) is 1.